The van der Waals surface area contributed by atoms with Crippen molar-refractivity contribution in [2.45, 2.75) is 77.0 Å². The van der Waals surface area contributed by atoms with Crippen molar-refractivity contribution < 1.29 is 0 Å². The largest absolute Gasteiger partial charge is 0.0845 e. The maximum absolute atomic E-state index is 2.32. The minimum absolute atomic E-state index is 1.24. The zero-order valence-electron chi connectivity index (χ0n) is 13.1. The molecule has 0 heterocycles. The smallest absolute Gasteiger partial charge is 0.0348 e. The Kier molecular flexibility index (Phi) is 12.2. The van der Waals surface area contributed by atoms with E-state index in [2.05, 4.69) is 48.6 Å². The Bertz CT molecular complexity index is 240. The van der Waals surface area contributed by atoms with Crippen molar-refractivity contribution in [3.05, 3.63) is 48.6 Å². The highest BCUT2D eigenvalue weighted by molar-refractivity contribution is 5.03. The van der Waals surface area contributed by atoms with E-state index in [1.54, 1.807) is 0 Å². The van der Waals surface area contributed by atoms with E-state index in [1.807, 2.05) is 0 Å². The van der Waals surface area contributed by atoms with Gasteiger partial charge in [0, 0.05) is 0 Å². The molecule has 0 heteroatoms. The van der Waals surface area contributed by atoms with Gasteiger partial charge in [0.05, 0.1) is 0 Å². The predicted molar refractivity (Wildman–Crippen MR) is 92.0 cm³/mol. The van der Waals surface area contributed by atoms with Crippen LogP contribution in [0.5, 0.6) is 0 Å². The minimum atomic E-state index is 1.24. The molecular weight excluding hydrogens is 240 g/mol. The first kappa shape index (κ1) is 17.0. The Morgan fingerprint density at radius 1 is 0.300 bits per heavy atom. The van der Waals surface area contributed by atoms with Gasteiger partial charge in [0.2, 0.25) is 0 Å². The Labute approximate surface area is 126 Å². The maximum Gasteiger partial charge on any atom is -0.0348 e. The van der Waals surface area contributed by atoms with E-state index in [9.17, 15) is 0 Å². The van der Waals surface area contributed by atoms with Gasteiger partial charge in [-0.05, 0) is 51.4 Å². The van der Waals surface area contributed by atoms with Crippen LogP contribution in [0, 0.1) is 0 Å². The van der Waals surface area contributed by atoms with Gasteiger partial charge in [-0.2, -0.15) is 0 Å². The monoisotopic (exact) mass is 272 g/mol. The fourth-order valence-electron chi connectivity index (χ4n) is 2.46. The van der Waals surface area contributed by atoms with Crippen LogP contribution in [0.1, 0.15) is 77.0 Å². The summed E-state index contributed by atoms with van der Waals surface area (Å²) in [6, 6.07) is 0. The summed E-state index contributed by atoms with van der Waals surface area (Å²) < 4.78 is 0. The van der Waals surface area contributed by atoms with Gasteiger partial charge in [0.15, 0.2) is 0 Å². The third-order valence-corrected chi connectivity index (χ3v) is 3.75. The number of rotatable bonds is 0. The molecule has 0 aliphatic heterocycles. The first-order valence-corrected chi connectivity index (χ1v) is 8.63. The standard InChI is InChI=1S/C20H32/c1-2-4-6-8-10-12-14-16-18-20-19-17-15-13-11-9-7-5-3-1/h1-4,17-20H,5-16H2/b3-1-,4-2-,19-17-,20-18-. The summed E-state index contributed by atoms with van der Waals surface area (Å²) in [6.45, 7) is 0. The molecule has 1 rings (SSSR count). The fraction of sp³-hybridized carbons (Fsp3) is 0.600. The molecule has 0 unspecified atom stereocenters. The van der Waals surface area contributed by atoms with E-state index < -0.39 is 0 Å². The summed E-state index contributed by atoms with van der Waals surface area (Å²) in [6.07, 6.45) is 34.0. The molecule has 0 fully saturated rings. The van der Waals surface area contributed by atoms with Crippen LogP contribution in [0.2, 0.25) is 0 Å². The van der Waals surface area contributed by atoms with Crippen molar-refractivity contribution in [1.82, 2.24) is 0 Å². The molecule has 0 saturated heterocycles. The van der Waals surface area contributed by atoms with Crippen molar-refractivity contribution >= 4 is 0 Å². The van der Waals surface area contributed by atoms with Crippen LogP contribution in [0.25, 0.3) is 0 Å². The average molecular weight is 272 g/mol. The van der Waals surface area contributed by atoms with Crippen LogP contribution in [-0.2, 0) is 0 Å². The van der Waals surface area contributed by atoms with E-state index in [0.717, 1.165) is 0 Å². The van der Waals surface area contributed by atoms with Crippen LogP contribution in [0.15, 0.2) is 48.6 Å². The summed E-state index contributed by atoms with van der Waals surface area (Å²) >= 11 is 0. The zero-order valence-corrected chi connectivity index (χ0v) is 13.1. The molecule has 0 nitrogen and oxygen atoms in total. The Morgan fingerprint density at radius 3 is 0.800 bits per heavy atom. The van der Waals surface area contributed by atoms with Crippen molar-refractivity contribution in [1.29, 1.82) is 0 Å². The minimum Gasteiger partial charge on any atom is -0.0845 e. The van der Waals surface area contributed by atoms with Crippen molar-refractivity contribution in [3.63, 3.8) is 0 Å². The van der Waals surface area contributed by atoms with Crippen LogP contribution >= 0.6 is 0 Å². The van der Waals surface area contributed by atoms with Crippen LogP contribution in [-0.4, -0.2) is 0 Å². The fourth-order valence-corrected chi connectivity index (χ4v) is 2.46. The van der Waals surface area contributed by atoms with E-state index in [0.29, 0.717) is 0 Å². The Balaban J connectivity index is 2.22. The highest BCUT2D eigenvalue weighted by atomic mass is 13.9. The molecular formula is C20H32. The lowest BCUT2D eigenvalue weighted by Gasteiger charge is -1.97. The SMILES string of the molecule is C1=C\CCCCCC/C=C\C=C/CCCCCC\C=C/1. The van der Waals surface area contributed by atoms with Crippen LogP contribution < -0.4 is 0 Å². The molecule has 0 saturated carbocycles. The number of hydrogen-bond acceptors (Lipinski definition) is 0. The van der Waals surface area contributed by atoms with E-state index in [-0.39, 0.29) is 0 Å². The first-order chi connectivity index (χ1) is 10.0. The number of hydrogen-bond donors (Lipinski definition) is 0. The van der Waals surface area contributed by atoms with Crippen LogP contribution in [0.4, 0.5) is 0 Å². The lowest BCUT2D eigenvalue weighted by atomic mass is 10.1. The van der Waals surface area contributed by atoms with E-state index in [4.69, 9.17) is 0 Å². The highest BCUT2D eigenvalue weighted by Crippen LogP contribution is 2.08. The Morgan fingerprint density at radius 2 is 0.550 bits per heavy atom. The first-order valence-electron chi connectivity index (χ1n) is 8.63. The van der Waals surface area contributed by atoms with Gasteiger partial charge in [0.1, 0.15) is 0 Å². The average Bonchev–Trinajstić information content (AvgIpc) is 2.46. The van der Waals surface area contributed by atoms with Gasteiger partial charge in [0.25, 0.3) is 0 Å². The van der Waals surface area contributed by atoms with E-state index in [1.165, 1.54) is 77.0 Å². The third kappa shape index (κ3) is 12.0. The number of allylic oxidation sites excluding steroid dienone is 8. The summed E-state index contributed by atoms with van der Waals surface area (Å²) in [5.74, 6) is 0. The molecule has 0 aromatic rings. The van der Waals surface area contributed by atoms with Gasteiger partial charge in [-0.15, -0.1) is 0 Å². The molecule has 0 aromatic carbocycles. The molecule has 20 heavy (non-hydrogen) atoms. The molecule has 112 valence electrons. The van der Waals surface area contributed by atoms with Gasteiger partial charge >= 0.3 is 0 Å². The summed E-state index contributed by atoms with van der Waals surface area (Å²) in [5.41, 5.74) is 0. The second kappa shape index (κ2) is 14.4. The second-order valence-corrected chi connectivity index (χ2v) is 5.70. The molecule has 0 aromatic heterocycles. The third-order valence-electron chi connectivity index (χ3n) is 3.75. The second-order valence-electron chi connectivity index (χ2n) is 5.70. The topological polar surface area (TPSA) is 0 Å². The van der Waals surface area contributed by atoms with Crippen molar-refractivity contribution in [2.75, 3.05) is 0 Å². The Hall–Kier alpha value is -1.04. The molecule has 1 aliphatic rings. The molecule has 0 spiro atoms. The van der Waals surface area contributed by atoms with Gasteiger partial charge in [-0.3, -0.25) is 0 Å². The molecule has 0 radical (unpaired) electrons. The predicted octanol–water partition coefficient (Wildman–Crippen LogP) is 6.91. The molecule has 0 bridgehead atoms. The van der Waals surface area contributed by atoms with Crippen molar-refractivity contribution in [2.24, 2.45) is 0 Å². The molecule has 0 atom stereocenters. The quantitative estimate of drug-likeness (QED) is 0.449. The normalized spacial score (nSPS) is 27.2. The lowest BCUT2D eigenvalue weighted by molar-refractivity contribution is 0.651. The summed E-state index contributed by atoms with van der Waals surface area (Å²) in [5, 5.41) is 0. The molecule has 1 aliphatic carbocycles. The van der Waals surface area contributed by atoms with E-state index >= 15 is 0 Å². The van der Waals surface area contributed by atoms with Crippen molar-refractivity contribution in [3.8, 4) is 0 Å². The van der Waals surface area contributed by atoms with Gasteiger partial charge in [-0.1, -0.05) is 74.3 Å². The zero-order chi connectivity index (χ0) is 14.1. The van der Waals surface area contributed by atoms with Gasteiger partial charge < -0.3 is 0 Å². The highest BCUT2D eigenvalue weighted by Gasteiger charge is 1.88. The maximum atomic E-state index is 2.32. The van der Waals surface area contributed by atoms with Crippen LogP contribution in [0.3, 0.4) is 0 Å². The summed E-state index contributed by atoms with van der Waals surface area (Å²) in [7, 11) is 0. The van der Waals surface area contributed by atoms with Gasteiger partial charge in [-0.25, -0.2) is 0 Å². The lowest BCUT2D eigenvalue weighted by Crippen LogP contribution is -1.77. The summed E-state index contributed by atoms with van der Waals surface area (Å²) in [4.78, 5) is 0. The molecule has 0 amide bonds. The molecule has 0 N–H and O–H groups in total.